The van der Waals surface area contributed by atoms with Crippen molar-refractivity contribution in [1.82, 2.24) is 4.98 Å². The van der Waals surface area contributed by atoms with Gasteiger partial charge in [0.05, 0.1) is 17.6 Å². The third kappa shape index (κ3) is 2.73. The van der Waals surface area contributed by atoms with Crippen LogP contribution >= 0.6 is 0 Å². The number of hydrogen-bond acceptors (Lipinski definition) is 5. The van der Waals surface area contributed by atoms with Crippen LogP contribution in [0.5, 0.6) is 0 Å². The molecule has 0 atom stereocenters. The Morgan fingerprint density at radius 3 is 2.67 bits per heavy atom. The van der Waals surface area contributed by atoms with Crippen LogP contribution in [0.15, 0.2) is 6.07 Å². The van der Waals surface area contributed by atoms with Crippen molar-refractivity contribution in [3.8, 4) is 0 Å². The highest BCUT2D eigenvalue weighted by molar-refractivity contribution is 5.91. The molecule has 18 heavy (non-hydrogen) atoms. The van der Waals surface area contributed by atoms with Gasteiger partial charge in [0, 0.05) is 0 Å². The number of alkyl halides is 2. The first-order valence-electron chi connectivity index (χ1n) is 4.68. The van der Waals surface area contributed by atoms with Gasteiger partial charge in [-0.15, -0.1) is 0 Å². The van der Waals surface area contributed by atoms with E-state index in [2.05, 4.69) is 9.72 Å². The van der Waals surface area contributed by atoms with Gasteiger partial charge in [0.1, 0.15) is 5.69 Å². The largest absolute Gasteiger partial charge is 0.461 e. The zero-order valence-corrected chi connectivity index (χ0v) is 9.02. The fraction of sp³-hybridized carbons (Fsp3) is 0.333. The number of nitro groups is 1. The van der Waals surface area contributed by atoms with E-state index in [0.717, 1.165) is 0 Å². The topological polar surface area (TPSA) is 82.3 Å². The van der Waals surface area contributed by atoms with Gasteiger partial charge in [0.15, 0.2) is 5.82 Å². The number of nitrogens with zero attached hydrogens (tertiary/aromatic N) is 2. The Morgan fingerprint density at radius 1 is 1.61 bits per heavy atom. The molecule has 0 aliphatic rings. The predicted molar refractivity (Wildman–Crippen MR) is 51.8 cm³/mol. The molecule has 0 spiro atoms. The van der Waals surface area contributed by atoms with E-state index in [1.807, 2.05) is 0 Å². The van der Waals surface area contributed by atoms with E-state index in [1.54, 1.807) is 0 Å². The van der Waals surface area contributed by atoms with Crippen LogP contribution in [-0.4, -0.2) is 22.5 Å². The van der Waals surface area contributed by atoms with Crippen LogP contribution in [0.4, 0.5) is 18.9 Å². The maximum Gasteiger partial charge on any atom is 0.364 e. The fourth-order valence-electron chi connectivity index (χ4n) is 1.14. The predicted octanol–water partition coefficient (Wildman–Crippen LogP) is 2.24. The summed E-state index contributed by atoms with van der Waals surface area (Å²) in [5, 5.41) is 10.6. The number of ether oxygens (including phenoxy) is 1. The first-order chi connectivity index (χ1) is 8.38. The molecule has 1 aromatic heterocycles. The van der Waals surface area contributed by atoms with Crippen molar-refractivity contribution in [3.63, 3.8) is 0 Å². The van der Waals surface area contributed by atoms with Crippen LogP contribution in [0.25, 0.3) is 0 Å². The lowest BCUT2D eigenvalue weighted by Gasteiger charge is -2.05. The molecule has 6 nitrogen and oxygen atoms in total. The van der Waals surface area contributed by atoms with Crippen LogP contribution < -0.4 is 0 Å². The standard InChI is InChI=1S/C9H7F3N2O4/c1-2-18-9(15)7-5(14(16)17)3-4(10)6(13-7)8(11)12/h3,8H,2H2,1H3. The van der Waals surface area contributed by atoms with Gasteiger partial charge in [-0.1, -0.05) is 0 Å². The highest BCUT2D eigenvalue weighted by Crippen LogP contribution is 2.26. The van der Waals surface area contributed by atoms with E-state index < -0.39 is 40.2 Å². The molecule has 0 bridgehead atoms. The van der Waals surface area contributed by atoms with Crippen molar-refractivity contribution in [2.45, 2.75) is 13.3 Å². The monoisotopic (exact) mass is 264 g/mol. The number of carbonyl (C=O) groups excluding carboxylic acids is 1. The van der Waals surface area contributed by atoms with Gasteiger partial charge >= 0.3 is 11.7 Å². The molecular formula is C9H7F3N2O4. The second-order valence-electron chi connectivity index (χ2n) is 3.00. The molecule has 0 N–H and O–H groups in total. The average Bonchev–Trinajstić information content (AvgIpc) is 2.28. The van der Waals surface area contributed by atoms with Crippen molar-refractivity contribution in [2.24, 2.45) is 0 Å². The minimum Gasteiger partial charge on any atom is -0.461 e. The summed E-state index contributed by atoms with van der Waals surface area (Å²) in [6, 6.07) is 0.223. The SMILES string of the molecule is CCOC(=O)c1nc(C(F)F)c(F)cc1[N+](=O)[O-]. The lowest BCUT2D eigenvalue weighted by molar-refractivity contribution is -0.385. The summed E-state index contributed by atoms with van der Waals surface area (Å²) in [7, 11) is 0. The van der Waals surface area contributed by atoms with Crippen LogP contribution in [0.3, 0.4) is 0 Å². The zero-order valence-electron chi connectivity index (χ0n) is 9.02. The molecule has 98 valence electrons. The van der Waals surface area contributed by atoms with Gasteiger partial charge in [0.2, 0.25) is 5.69 Å². The Kier molecular flexibility index (Phi) is 4.18. The molecule has 0 amide bonds. The summed E-state index contributed by atoms with van der Waals surface area (Å²) in [6.45, 7) is 1.29. The van der Waals surface area contributed by atoms with E-state index >= 15 is 0 Å². The zero-order chi connectivity index (χ0) is 13.9. The number of esters is 1. The molecule has 0 aliphatic carbocycles. The number of rotatable bonds is 4. The van der Waals surface area contributed by atoms with Gasteiger partial charge in [-0.25, -0.2) is 22.9 Å². The number of aromatic nitrogens is 1. The second-order valence-corrected chi connectivity index (χ2v) is 3.00. The molecule has 0 radical (unpaired) electrons. The first kappa shape index (κ1) is 13.9. The molecule has 0 aliphatic heterocycles. The van der Waals surface area contributed by atoms with Crippen LogP contribution in [0.2, 0.25) is 0 Å². The Labute approximate surface area is 98.5 Å². The van der Waals surface area contributed by atoms with Crippen molar-refractivity contribution in [3.05, 3.63) is 33.4 Å². The first-order valence-corrected chi connectivity index (χ1v) is 4.68. The highest BCUT2D eigenvalue weighted by Gasteiger charge is 2.29. The number of hydrogen-bond donors (Lipinski definition) is 0. The Bertz CT molecular complexity index is 493. The van der Waals surface area contributed by atoms with Crippen molar-refractivity contribution in [1.29, 1.82) is 0 Å². The summed E-state index contributed by atoms with van der Waals surface area (Å²) < 4.78 is 42.2. The van der Waals surface area contributed by atoms with Gasteiger partial charge < -0.3 is 4.74 Å². The highest BCUT2D eigenvalue weighted by atomic mass is 19.3. The summed E-state index contributed by atoms with van der Waals surface area (Å²) in [5.74, 6) is -2.81. The smallest absolute Gasteiger partial charge is 0.364 e. The lowest BCUT2D eigenvalue weighted by atomic mass is 10.2. The average molecular weight is 264 g/mol. The lowest BCUT2D eigenvalue weighted by Crippen LogP contribution is -2.13. The van der Waals surface area contributed by atoms with E-state index in [0.29, 0.717) is 0 Å². The Balaban J connectivity index is 3.40. The summed E-state index contributed by atoms with van der Waals surface area (Å²) in [4.78, 5) is 23.7. The maximum absolute atomic E-state index is 13.1. The third-order valence-electron chi connectivity index (χ3n) is 1.86. The molecule has 0 aromatic carbocycles. The molecule has 0 unspecified atom stereocenters. The molecule has 0 fully saturated rings. The Hall–Kier alpha value is -2.19. The second kappa shape index (κ2) is 5.43. The quantitative estimate of drug-likeness (QED) is 0.473. The molecular weight excluding hydrogens is 257 g/mol. The van der Waals surface area contributed by atoms with E-state index in [-0.39, 0.29) is 12.7 Å². The third-order valence-corrected chi connectivity index (χ3v) is 1.86. The maximum atomic E-state index is 13.1. The minimum atomic E-state index is -3.29. The minimum absolute atomic E-state index is 0.126. The van der Waals surface area contributed by atoms with Crippen molar-refractivity contribution >= 4 is 11.7 Å². The molecule has 0 saturated carbocycles. The van der Waals surface area contributed by atoms with E-state index in [1.165, 1.54) is 6.92 Å². The number of carbonyl (C=O) groups is 1. The van der Waals surface area contributed by atoms with E-state index in [4.69, 9.17) is 0 Å². The van der Waals surface area contributed by atoms with Gasteiger partial charge in [-0.3, -0.25) is 10.1 Å². The van der Waals surface area contributed by atoms with Crippen molar-refractivity contribution < 1.29 is 27.6 Å². The molecule has 1 aromatic rings. The fourth-order valence-corrected chi connectivity index (χ4v) is 1.14. The summed E-state index contributed by atoms with van der Waals surface area (Å²) in [6.07, 6.45) is -3.29. The van der Waals surface area contributed by atoms with Crippen molar-refractivity contribution in [2.75, 3.05) is 6.61 Å². The van der Waals surface area contributed by atoms with E-state index in [9.17, 15) is 28.1 Å². The molecule has 1 rings (SSSR count). The van der Waals surface area contributed by atoms with Crippen LogP contribution in [0, 0.1) is 15.9 Å². The van der Waals surface area contributed by atoms with Crippen LogP contribution in [-0.2, 0) is 4.74 Å². The molecule has 0 saturated heterocycles. The van der Waals surface area contributed by atoms with Crippen LogP contribution in [0.1, 0.15) is 29.5 Å². The molecule has 1 heterocycles. The van der Waals surface area contributed by atoms with Gasteiger partial charge in [0.25, 0.3) is 6.43 Å². The number of pyridine rings is 1. The Morgan fingerprint density at radius 2 is 2.22 bits per heavy atom. The summed E-state index contributed by atoms with van der Waals surface area (Å²) >= 11 is 0. The summed E-state index contributed by atoms with van der Waals surface area (Å²) in [5.41, 5.74) is -3.29. The normalized spacial score (nSPS) is 10.5. The van der Waals surface area contributed by atoms with Gasteiger partial charge in [-0.2, -0.15) is 0 Å². The molecule has 9 heteroatoms. The van der Waals surface area contributed by atoms with Gasteiger partial charge in [-0.05, 0) is 6.92 Å². The number of halogens is 3.